The molecule has 160 valence electrons. The quantitative estimate of drug-likeness (QED) is 0.763. The van der Waals surface area contributed by atoms with Gasteiger partial charge in [-0.1, -0.05) is 0 Å². The van der Waals surface area contributed by atoms with Gasteiger partial charge < -0.3 is 19.7 Å². The highest BCUT2D eigenvalue weighted by molar-refractivity contribution is 5.95. The third-order valence-corrected chi connectivity index (χ3v) is 5.55. The number of morpholine rings is 1. The minimum absolute atomic E-state index is 0.0130. The summed E-state index contributed by atoms with van der Waals surface area (Å²) < 4.78 is 12.8. The summed E-state index contributed by atoms with van der Waals surface area (Å²) in [5.74, 6) is 0.480. The summed E-state index contributed by atoms with van der Waals surface area (Å²) in [7, 11) is 0. The molecule has 0 unspecified atom stereocenters. The van der Waals surface area contributed by atoms with Gasteiger partial charge in [0.2, 0.25) is 0 Å². The molecule has 2 aliphatic rings. The first-order valence-electron chi connectivity index (χ1n) is 10.4. The Balaban J connectivity index is 1.39. The van der Waals surface area contributed by atoms with E-state index in [4.69, 9.17) is 9.47 Å². The second-order valence-electron chi connectivity index (χ2n) is 7.48. The van der Waals surface area contributed by atoms with Crippen LogP contribution in [0.15, 0.2) is 24.5 Å². The summed E-state index contributed by atoms with van der Waals surface area (Å²) in [5.41, 5.74) is 1.91. The van der Waals surface area contributed by atoms with Gasteiger partial charge in [0.05, 0.1) is 37.3 Å². The molecule has 0 bridgehead atoms. The maximum atomic E-state index is 12.9. The zero-order chi connectivity index (χ0) is 20.9. The molecule has 9 nitrogen and oxygen atoms in total. The molecule has 0 radical (unpaired) electrons. The number of hydrogen-bond acceptors (Lipinski definition) is 6. The highest BCUT2D eigenvalue weighted by Crippen LogP contribution is 2.24. The molecule has 1 fully saturated rings. The Kier molecular flexibility index (Phi) is 6.27. The van der Waals surface area contributed by atoms with E-state index >= 15 is 0 Å². The van der Waals surface area contributed by atoms with Crippen LogP contribution >= 0.6 is 0 Å². The van der Waals surface area contributed by atoms with Crippen LogP contribution in [0.4, 0.5) is 0 Å². The van der Waals surface area contributed by atoms with E-state index in [0.29, 0.717) is 62.9 Å². The summed E-state index contributed by atoms with van der Waals surface area (Å²) >= 11 is 0. The summed E-state index contributed by atoms with van der Waals surface area (Å²) in [6.45, 7) is 5.94. The second kappa shape index (κ2) is 9.25. The van der Waals surface area contributed by atoms with E-state index in [2.05, 4.69) is 15.4 Å². The Morgan fingerprint density at radius 3 is 2.93 bits per heavy atom. The number of hydrogen-bond donors (Lipinski definition) is 1. The van der Waals surface area contributed by atoms with Gasteiger partial charge in [-0.3, -0.25) is 14.3 Å². The van der Waals surface area contributed by atoms with Crippen LogP contribution in [0.3, 0.4) is 0 Å². The van der Waals surface area contributed by atoms with E-state index in [0.717, 1.165) is 18.7 Å². The van der Waals surface area contributed by atoms with Crippen LogP contribution in [-0.4, -0.2) is 70.9 Å². The van der Waals surface area contributed by atoms with Crippen LogP contribution in [0.5, 0.6) is 5.75 Å². The average molecular weight is 413 g/mol. The van der Waals surface area contributed by atoms with Gasteiger partial charge >= 0.3 is 0 Å². The molecule has 4 heterocycles. The first-order chi connectivity index (χ1) is 14.7. The van der Waals surface area contributed by atoms with Gasteiger partial charge in [-0.15, -0.1) is 0 Å². The first kappa shape index (κ1) is 20.3. The van der Waals surface area contributed by atoms with Gasteiger partial charge in [-0.25, -0.2) is 4.98 Å². The molecule has 0 aliphatic carbocycles. The molecular formula is C21H27N5O4. The van der Waals surface area contributed by atoms with Crippen LogP contribution in [0, 0.1) is 5.92 Å². The van der Waals surface area contributed by atoms with E-state index in [9.17, 15) is 9.59 Å². The Hall–Kier alpha value is -2.94. The largest absolute Gasteiger partial charge is 0.491 e. The lowest BCUT2D eigenvalue weighted by molar-refractivity contribution is 0.0301. The Bertz CT molecular complexity index is 907. The van der Waals surface area contributed by atoms with Crippen molar-refractivity contribution in [1.82, 2.24) is 25.0 Å². The highest BCUT2D eigenvalue weighted by atomic mass is 16.5. The maximum absolute atomic E-state index is 12.9. The molecule has 2 aromatic rings. The molecule has 30 heavy (non-hydrogen) atoms. The van der Waals surface area contributed by atoms with Crippen molar-refractivity contribution in [2.75, 3.05) is 39.5 Å². The summed E-state index contributed by atoms with van der Waals surface area (Å²) in [5, 5.41) is 7.39. The molecule has 2 amide bonds. The van der Waals surface area contributed by atoms with E-state index in [1.807, 2.05) is 16.5 Å². The number of pyridine rings is 1. The standard InChI is InChI=1S/C21H27N5O4/c1-2-30-18-4-3-6-22-19(18)20(27)23-13-15-5-7-26-17(12-15)16(14-24-26)21(28)25-8-10-29-11-9-25/h3-4,6,14-15H,2,5,7-13H2,1H3,(H,23,27)/t15-/m0/s1. The highest BCUT2D eigenvalue weighted by Gasteiger charge is 2.28. The zero-order valence-corrected chi connectivity index (χ0v) is 17.2. The molecule has 1 N–H and O–H groups in total. The summed E-state index contributed by atoms with van der Waals surface area (Å²) in [4.78, 5) is 31.5. The number of nitrogens with one attached hydrogen (secondary N) is 1. The van der Waals surface area contributed by atoms with Crippen molar-refractivity contribution in [3.8, 4) is 5.75 Å². The van der Waals surface area contributed by atoms with E-state index < -0.39 is 0 Å². The third-order valence-electron chi connectivity index (χ3n) is 5.55. The number of amides is 2. The van der Waals surface area contributed by atoms with Gasteiger partial charge in [0.15, 0.2) is 11.4 Å². The van der Waals surface area contributed by atoms with E-state index in [1.165, 1.54) is 0 Å². The average Bonchev–Trinajstić information content (AvgIpc) is 3.21. The van der Waals surface area contributed by atoms with Gasteiger partial charge in [0.25, 0.3) is 11.8 Å². The fourth-order valence-corrected chi connectivity index (χ4v) is 3.94. The molecular weight excluding hydrogens is 386 g/mol. The van der Waals surface area contributed by atoms with Crippen molar-refractivity contribution >= 4 is 11.8 Å². The normalized spacial score (nSPS) is 18.6. The molecule has 1 saturated heterocycles. The van der Waals surface area contributed by atoms with Crippen molar-refractivity contribution in [1.29, 1.82) is 0 Å². The second-order valence-corrected chi connectivity index (χ2v) is 7.48. The fraction of sp³-hybridized carbons (Fsp3) is 0.524. The van der Waals surface area contributed by atoms with Crippen LogP contribution < -0.4 is 10.1 Å². The van der Waals surface area contributed by atoms with Crippen LogP contribution in [0.25, 0.3) is 0 Å². The number of rotatable bonds is 6. The zero-order valence-electron chi connectivity index (χ0n) is 17.2. The number of carbonyl (C=O) groups is 2. The Labute approximate surface area is 175 Å². The lowest BCUT2D eigenvalue weighted by Gasteiger charge is -2.28. The maximum Gasteiger partial charge on any atom is 0.273 e. The first-order valence-corrected chi connectivity index (χ1v) is 10.4. The molecule has 1 atom stereocenters. The number of ether oxygens (including phenoxy) is 2. The van der Waals surface area contributed by atoms with Gasteiger partial charge in [0.1, 0.15) is 0 Å². The van der Waals surface area contributed by atoms with Crippen molar-refractivity contribution in [3.05, 3.63) is 41.5 Å². The Morgan fingerprint density at radius 2 is 2.13 bits per heavy atom. The molecule has 0 spiro atoms. The molecule has 2 aliphatic heterocycles. The number of nitrogens with zero attached hydrogens (tertiary/aromatic N) is 4. The molecule has 9 heteroatoms. The van der Waals surface area contributed by atoms with E-state index in [-0.39, 0.29) is 17.7 Å². The smallest absolute Gasteiger partial charge is 0.273 e. The lowest BCUT2D eigenvalue weighted by Crippen LogP contribution is -2.41. The molecule has 0 aromatic carbocycles. The minimum Gasteiger partial charge on any atom is -0.491 e. The topological polar surface area (TPSA) is 98.6 Å². The van der Waals surface area contributed by atoms with Gasteiger partial charge in [-0.2, -0.15) is 5.10 Å². The number of aromatic nitrogens is 3. The summed E-state index contributed by atoms with van der Waals surface area (Å²) in [6.07, 6.45) is 4.85. The van der Waals surface area contributed by atoms with Crippen molar-refractivity contribution in [2.24, 2.45) is 5.92 Å². The third kappa shape index (κ3) is 4.30. The SMILES string of the molecule is CCOc1cccnc1C(=O)NC[C@H]1CCn2ncc(C(=O)N3CCOCC3)c2C1. The van der Waals surface area contributed by atoms with Crippen LogP contribution in [-0.2, 0) is 17.7 Å². The molecule has 4 rings (SSSR count). The fourth-order valence-electron chi connectivity index (χ4n) is 3.94. The van der Waals surface area contributed by atoms with Crippen molar-refractivity contribution < 1.29 is 19.1 Å². The van der Waals surface area contributed by atoms with Gasteiger partial charge in [-0.05, 0) is 37.8 Å². The lowest BCUT2D eigenvalue weighted by atomic mass is 9.94. The number of fused-ring (bicyclic) bond motifs is 1. The monoisotopic (exact) mass is 413 g/mol. The van der Waals surface area contributed by atoms with Crippen LogP contribution in [0.2, 0.25) is 0 Å². The van der Waals surface area contributed by atoms with Gasteiger partial charge in [0, 0.05) is 32.4 Å². The Morgan fingerprint density at radius 1 is 1.30 bits per heavy atom. The number of carbonyl (C=O) groups excluding carboxylic acids is 2. The molecule has 0 saturated carbocycles. The minimum atomic E-state index is -0.247. The predicted octanol–water partition coefficient (Wildman–Crippen LogP) is 1.14. The molecule has 2 aromatic heterocycles. The predicted molar refractivity (Wildman–Crippen MR) is 108 cm³/mol. The summed E-state index contributed by atoms with van der Waals surface area (Å²) in [6, 6.07) is 3.49. The van der Waals surface area contributed by atoms with Crippen LogP contribution in [0.1, 0.15) is 39.9 Å². The number of aryl methyl sites for hydroxylation is 1. The van der Waals surface area contributed by atoms with Crippen molar-refractivity contribution in [3.63, 3.8) is 0 Å². The van der Waals surface area contributed by atoms with E-state index in [1.54, 1.807) is 24.5 Å². The van der Waals surface area contributed by atoms with Crippen molar-refractivity contribution in [2.45, 2.75) is 26.3 Å².